The van der Waals surface area contributed by atoms with Gasteiger partial charge >= 0.3 is 0 Å². The molecule has 1 aromatic carbocycles. The second-order valence-electron chi connectivity index (χ2n) is 17.6. The van der Waals surface area contributed by atoms with Crippen LogP contribution in [0.3, 0.4) is 0 Å². The van der Waals surface area contributed by atoms with E-state index in [1.54, 1.807) is 6.92 Å². The number of carbonyl (C=O) groups excluding carboxylic acids is 1. The van der Waals surface area contributed by atoms with Gasteiger partial charge in [0.25, 0.3) is 0 Å². The van der Waals surface area contributed by atoms with Gasteiger partial charge in [0.05, 0.1) is 30.3 Å². The highest BCUT2D eigenvalue weighted by Gasteiger charge is 2.75. The van der Waals surface area contributed by atoms with Crippen molar-refractivity contribution in [2.75, 3.05) is 19.8 Å². The van der Waals surface area contributed by atoms with Crippen LogP contribution >= 0.6 is 0 Å². The number of ether oxygens (including phenoxy) is 3. The van der Waals surface area contributed by atoms with Gasteiger partial charge in [0.1, 0.15) is 24.4 Å². The van der Waals surface area contributed by atoms with Gasteiger partial charge in [0.2, 0.25) is 5.79 Å². The molecule has 9 aliphatic rings. The highest BCUT2D eigenvalue weighted by Crippen LogP contribution is 2.72. The van der Waals surface area contributed by atoms with E-state index in [-0.39, 0.29) is 47.6 Å². The van der Waals surface area contributed by atoms with E-state index in [9.17, 15) is 30.3 Å². The fourth-order valence-corrected chi connectivity index (χ4v) is 12.4. The number of hydrogen-bond acceptors (Lipinski definition) is 9. The smallest absolute Gasteiger partial charge is 0.220 e. The third kappa shape index (κ3) is 5.04. The molecular formula is C43H54O9. The first-order chi connectivity index (χ1) is 24.7. The van der Waals surface area contributed by atoms with Gasteiger partial charge in [-0.05, 0) is 85.8 Å². The van der Waals surface area contributed by atoms with Crippen molar-refractivity contribution in [3.05, 3.63) is 47.5 Å². The zero-order valence-electron chi connectivity index (χ0n) is 30.8. The molecule has 0 amide bonds. The lowest BCUT2D eigenvalue weighted by molar-refractivity contribution is -0.347. The van der Waals surface area contributed by atoms with E-state index < -0.39 is 65.1 Å². The Hall–Kier alpha value is -2.57. The van der Waals surface area contributed by atoms with E-state index in [1.807, 2.05) is 24.3 Å². The van der Waals surface area contributed by atoms with Gasteiger partial charge in [0, 0.05) is 36.2 Å². The molecule has 4 fully saturated rings. The Morgan fingerprint density at radius 2 is 1.73 bits per heavy atom. The Morgan fingerprint density at radius 3 is 2.48 bits per heavy atom. The van der Waals surface area contributed by atoms with Crippen LogP contribution in [0.15, 0.2) is 42.0 Å². The van der Waals surface area contributed by atoms with Crippen molar-refractivity contribution >= 4 is 5.78 Å². The Kier molecular flexibility index (Phi) is 8.93. The van der Waals surface area contributed by atoms with Crippen LogP contribution in [0.4, 0.5) is 0 Å². The predicted octanol–water partition coefficient (Wildman–Crippen LogP) is 3.51. The lowest BCUT2D eigenvalue weighted by Gasteiger charge is -2.64. The number of ketones is 1. The minimum atomic E-state index is -2.81. The zero-order chi connectivity index (χ0) is 36.8. The summed E-state index contributed by atoms with van der Waals surface area (Å²) >= 11 is 0. The number of allylic oxidation sites excluding steroid dienone is 1. The number of carbonyl (C=O) groups is 1. The molecule has 1 saturated heterocycles. The van der Waals surface area contributed by atoms with Crippen LogP contribution in [-0.2, 0) is 19.0 Å². The topological polar surface area (TPSA) is 146 Å². The van der Waals surface area contributed by atoms with Gasteiger partial charge < -0.3 is 39.7 Å². The van der Waals surface area contributed by atoms with Gasteiger partial charge in [-0.2, -0.15) is 0 Å². The molecule has 5 aliphatic heterocycles. The molecule has 15 atom stereocenters. The first kappa shape index (κ1) is 36.4. The maximum absolute atomic E-state index is 14.4. The van der Waals surface area contributed by atoms with E-state index in [1.165, 1.54) is 6.92 Å². The monoisotopic (exact) mass is 714 g/mol. The average molecular weight is 715 g/mol. The summed E-state index contributed by atoms with van der Waals surface area (Å²) in [7, 11) is 0. The maximum atomic E-state index is 14.4. The van der Waals surface area contributed by atoms with Crippen molar-refractivity contribution in [1.29, 1.82) is 0 Å². The molecule has 3 saturated carbocycles. The normalized spacial score (nSPS) is 49.2. The molecule has 52 heavy (non-hydrogen) atoms. The molecule has 8 bridgehead atoms. The van der Waals surface area contributed by atoms with Crippen LogP contribution in [0, 0.1) is 70.0 Å². The molecule has 5 N–H and O–H groups in total. The molecule has 0 unspecified atom stereocenters. The molecular weight excluding hydrogens is 660 g/mol. The molecule has 4 aliphatic carbocycles. The fraction of sp³-hybridized carbons (Fsp3) is 0.698. The molecule has 10 rings (SSSR count). The highest BCUT2D eigenvalue weighted by molar-refractivity contribution is 5.95. The molecule has 280 valence electrons. The van der Waals surface area contributed by atoms with E-state index >= 15 is 0 Å². The summed E-state index contributed by atoms with van der Waals surface area (Å²) in [5.74, 6) is 7.76. The van der Waals surface area contributed by atoms with Crippen LogP contribution in [0.2, 0.25) is 0 Å². The molecule has 1 spiro atoms. The van der Waals surface area contributed by atoms with Gasteiger partial charge in [0.15, 0.2) is 5.78 Å². The van der Waals surface area contributed by atoms with Gasteiger partial charge in [-0.15, -0.1) is 5.92 Å². The highest BCUT2D eigenvalue weighted by atomic mass is 16.6. The van der Waals surface area contributed by atoms with Crippen molar-refractivity contribution in [3.63, 3.8) is 0 Å². The Bertz CT molecular complexity index is 1730. The van der Waals surface area contributed by atoms with Gasteiger partial charge in [-0.3, -0.25) is 4.79 Å². The first-order valence-corrected chi connectivity index (χ1v) is 19.4. The van der Waals surface area contributed by atoms with Crippen molar-refractivity contribution in [2.45, 2.75) is 120 Å². The molecule has 0 radical (unpaired) electrons. The van der Waals surface area contributed by atoms with E-state index in [0.29, 0.717) is 38.7 Å². The largest absolute Gasteiger partial charge is 0.396 e. The Morgan fingerprint density at radius 1 is 0.962 bits per heavy atom. The van der Waals surface area contributed by atoms with Gasteiger partial charge in [-0.1, -0.05) is 68.9 Å². The van der Waals surface area contributed by atoms with Crippen molar-refractivity contribution < 1.29 is 44.5 Å². The minimum absolute atomic E-state index is 0.0168. The van der Waals surface area contributed by atoms with E-state index in [2.05, 4.69) is 49.7 Å². The van der Waals surface area contributed by atoms with E-state index in [4.69, 9.17) is 14.2 Å². The summed E-state index contributed by atoms with van der Waals surface area (Å²) in [5, 5.41) is 58.8. The molecule has 5 heterocycles. The van der Waals surface area contributed by atoms with Crippen LogP contribution in [0.5, 0.6) is 0 Å². The first-order valence-electron chi connectivity index (χ1n) is 19.4. The van der Waals surface area contributed by atoms with Gasteiger partial charge in [-0.25, -0.2) is 0 Å². The predicted molar refractivity (Wildman–Crippen MR) is 191 cm³/mol. The number of aliphatic hydroxyl groups excluding tert-OH is 2. The lowest BCUT2D eigenvalue weighted by atomic mass is 9.42. The maximum Gasteiger partial charge on any atom is 0.220 e. The lowest BCUT2D eigenvalue weighted by Crippen LogP contribution is -2.70. The van der Waals surface area contributed by atoms with Crippen LogP contribution in [0.25, 0.3) is 0 Å². The minimum Gasteiger partial charge on any atom is -0.396 e. The number of fused-ring (bicyclic) bond motifs is 4. The summed E-state index contributed by atoms with van der Waals surface area (Å²) < 4.78 is 19.9. The summed E-state index contributed by atoms with van der Waals surface area (Å²) in [6.45, 7) is 7.62. The SMILES string of the molecule is C[C@@H]1[C@@H](CO)[C@@H]2O[C@@H]1[C@H](O)C#CC[C@@H]1C[C@H]3C4=CC(=O)[C@@H]5C[C@H](CC[C@@]53C)OC[C@H](c3ccccc3)C#CCO[C@]43CC[C@@H]([C@@]13C)[C@](C)(O)C2(O)O. The second-order valence-corrected chi connectivity index (χ2v) is 17.6. The molecule has 9 heteroatoms. The quantitative estimate of drug-likeness (QED) is 0.230. The summed E-state index contributed by atoms with van der Waals surface area (Å²) in [6, 6.07) is 10.1. The summed E-state index contributed by atoms with van der Waals surface area (Å²) in [4.78, 5) is 14.4. The summed E-state index contributed by atoms with van der Waals surface area (Å²) in [6.07, 6.45) is 2.38. The summed E-state index contributed by atoms with van der Waals surface area (Å²) in [5.41, 5.74) is -2.57. The van der Waals surface area contributed by atoms with E-state index in [0.717, 1.165) is 24.0 Å². The standard InChI is InChI=1S/C43H54O9/c1-25-30(23-44)38-43(48,49)41(4,47)36-16-18-42-32-22-35(46)33-21-29(50-24-27(12-9-19-51-42)26-10-6-5-7-11-26)15-17-39(33,2)31(32)20-28(40(36,42)3)13-8-14-34(45)37(25)52-38/h5-7,10-11,22,25,27-31,33-34,36-38,44-45,47-49H,13,15-21,23-24H2,1-4H3/t25-,27-,28-,29+,30-,31+,33+,34-,36+,37+,38+,39-,40-,41+,42-/m1/s1. The van der Waals surface area contributed by atoms with Crippen molar-refractivity contribution in [1.82, 2.24) is 0 Å². The Labute approximate surface area is 307 Å². The number of benzene rings is 1. The fourth-order valence-electron chi connectivity index (χ4n) is 12.4. The van der Waals surface area contributed by atoms with Crippen molar-refractivity contribution in [2.24, 2.45) is 46.3 Å². The molecule has 9 nitrogen and oxygen atoms in total. The third-order valence-electron chi connectivity index (χ3n) is 15.5. The average Bonchev–Trinajstić information content (AvgIpc) is 3.63. The number of hydrogen-bond donors (Lipinski definition) is 5. The molecule has 0 aromatic heterocycles. The van der Waals surface area contributed by atoms with Crippen LogP contribution < -0.4 is 0 Å². The second kappa shape index (κ2) is 12.8. The van der Waals surface area contributed by atoms with Crippen molar-refractivity contribution in [3.8, 4) is 23.7 Å². The van der Waals surface area contributed by atoms with Crippen LogP contribution in [-0.4, -0.2) is 92.5 Å². The molecule has 1 aromatic rings. The Balaban J connectivity index is 1.31. The zero-order valence-corrected chi connectivity index (χ0v) is 30.8. The number of rotatable bonds is 2. The van der Waals surface area contributed by atoms with Crippen LogP contribution in [0.1, 0.15) is 84.1 Å². The number of aliphatic hydroxyl groups is 5. The third-order valence-corrected chi connectivity index (χ3v) is 15.5.